The lowest BCUT2D eigenvalue weighted by molar-refractivity contribution is 0.417. The van der Waals surface area contributed by atoms with Gasteiger partial charge >= 0.3 is 0 Å². The van der Waals surface area contributed by atoms with E-state index in [1.54, 1.807) is 45.3 Å². The number of nitrogens with zero attached hydrogens (tertiary/aromatic N) is 3. The zero-order chi connectivity index (χ0) is 21.7. The number of amidine groups is 1. The highest BCUT2D eigenvalue weighted by molar-refractivity contribution is 8.26. The van der Waals surface area contributed by atoms with E-state index in [9.17, 15) is 13.5 Å². The molecule has 0 aliphatic carbocycles. The van der Waals surface area contributed by atoms with Crippen molar-refractivity contribution in [3.63, 3.8) is 0 Å². The Morgan fingerprint density at radius 1 is 1.10 bits per heavy atom. The van der Waals surface area contributed by atoms with Crippen molar-refractivity contribution >= 4 is 38.8 Å². The van der Waals surface area contributed by atoms with E-state index in [-0.39, 0.29) is 17.2 Å². The first kappa shape index (κ1) is 20.5. The van der Waals surface area contributed by atoms with E-state index >= 15 is 0 Å². The van der Waals surface area contributed by atoms with Crippen molar-refractivity contribution in [3.8, 4) is 0 Å². The number of benzene rings is 1. The number of halogens is 1. The number of aliphatic imine (C=N–C) groups is 1. The van der Waals surface area contributed by atoms with Crippen LogP contribution in [0.5, 0.6) is 0 Å². The number of aromatic nitrogens is 2. The standard InChI is InChI=1S/C21H24FN5O2S/c1-20(2)19(23)27-21(3,12-30(20,28)29)15-11-14(6-7-16(15)22)26-18-17-13(8-10-25-18)5-4-9-24-17/h4-11,28-29H,12H2,1-3H3,(H2,23,27)(H,25,26)/t21-/m0/s1. The van der Waals surface area contributed by atoms with Crippen LogP contribution in [0, 0.1) is 5.82 Å². The largest absolute Gasteiger partial charge is 0.386 e. The molecule has 3 heterocycles. The highest BCUT2D eigenvalue weighted by atomic mass is 32.3. The molecule has 7 nitrogen and oxygen atoms in total. The van der Waals surface area contributed by atoms with Gasteiger partial charge in [0.15, 0.2) is 5.82 Å². The van der Waals surface area contributed by atoms with Crippen LogP contribution in [0.25, 0.3) is 10.9 Å². The van der Waals surface area contributed by atoms with E-state index in [2.05, 4.69) is 20.3 Å². The second-order valence-electron chi connectivity index (χ2n) is 8.15. The topological polar surface area (TPSA) is 117 Å². The van der Waals surface area contributed by atoms with Gasteiger partial charge in [0, 0.05) is 29.0 Å². The summed E-state index contributed by atoms with van der Waals surface area (Å²) in [6.07, 6.45) is 3.35. The van der Waals surface area contributed by atoms with Crippen LogP contribution in [0.3, 0.4) is 0 Å². The zero-order valence-electron chi connectivity index (χ0n) is 16.9. The minimum absolute atomic E-state index is 0.0916. The Kier molecular flexibility index (Phi) is 4.72. The number of nitrogens with two attached hydrogens (primary N) is 1. The van der Waals surface area contributed by atoms with Crippen molar-refractivity contribution in [3.05, 3.63) is 60.2 Å². The minimum Gasteiger partial charge on any atom is -0.386 e. The normalized spacial score (nSPS) is 23.6. The van der Waals surface area contributed by atoms with Crippen molar-refractivity contribution in [1.82, 2.24) is 9.97 Å². The predicted octanol–water partition coefficient (Wildman–Crippen LogP) is 4.63. The minimum atomic E-state index is -3.15. The predicted molar refractivity (Wildman–Crippen MR) is 120 cm³/mol. The molecule has 0 spiro atoms. The molecule has 9 heteroatoms. The molecule has 1 aromatic carbocycles. The maximum Gasteiger partial charge on any atom is 0.156 e. The summed E-state index contributed by atoms with van der Waals surface area (Å²) in [7, 11) is -3.15. The lowest BCUT2D eigenvalue weighted by Gasteiger charge is -2.53. The fourth-order valence-corrected chi connectivity index (χ4v) is 5.30. The molecule has 158 valence electrons. The van der Waals surface area contributed by atoms with Crippen molar-refractivity contribution in [2.24, 2.45) is 10.7 Å². The molecule has 0 unspecified atom stereocenters. The van der Waals surface area contributed by atoms with E-state index < -0.39 is 26.7 Å². The summed E-state index contributed by atoms with van der Waals surface area (Å²) in [5, 5.41) is 4.10. The Bertz CT molecular complexity index is 1160. The van der Waals surface area contributed by atoms with Crippen LogP contribution in [0.2, 0.25) is 0 Å². The highest BCUT2D eigenvalue weighted by Gasteiger charge is 2.49. The van der Waals surface area contributed by atoms with Crippen LogP contribution in [0.15, 0.2) is 53.8 Å². The average Bonchev–Trinajstić information content (AvgIpc) is 2.68. The summed E-state index contributed by atoms with van der Waals surface area (Å²) in [4.78, 5) is 13.2. The molecule has 5 N–H and O–H groups in total. The van der Waals surface area contributed by atoms with E-state index in [4.69, 9.17) is 5.73 Å². The number of nitrogens with one attached hydrogen (secondary N) is 1. The second-order valence-corrected chi connectivity index (χ2v) is 10.8. The Balaban J connectivity index is 1.77. The van der Waals surface area contributed by atoms with Crippen LogP contribution in [-0.4, -0.2) is 35.4 Å². The average molecular weight is 430 g/mol. The third-order valence-corrected chi connectivity index (χ3v) is 8.42. The lowest BCUT2D eigenvalue weighted by Crippen LogP contribution is -2.52. The number of fused-ring (bicyclic) bond motifs is 1. The Labute approximate surface area is 175 Å². The SMILES string of the molecule is CC1(C)C(N)=N[C@](C)(c2cc(Nc3nccc4cccnc34)ccc2F)CS1(O)O. The van der Waals surface area contributed by atoms with E-state index in [1.807, 2.05) is 18.2 Å². The molecule has 2 aromatic heterocycles. The zero-order valence-corrected chi connectivity index (χ0v) is 17.7. The van der Waals surface area contributed by atoms with Gasteiger partial charge in [-0.25, -0.2) is 9.37 Å². The van der Waals surface area contributed by atoms with Crippen molar-refractivity contribution < 1.29 is 13.5 Å². The molecule has 0 saturated carbocycles. The van der Waals surface area contributed by atoms with Gasteiger partial charge < -0.3 is 11.1 Å². The van der Waals surface area contributed by atoms with Gasteiger partial charge in [-0.1, -0.05) is 6.07 Å². The third kappa shape index (κ3) is 3.28. The summed E-state index contributed by atoms with van der Waals surface area (Å²) in [5.41, 5.74) is 6.34. The molecule has 0 bridgehead atoms. The van der Waals surface area contributed by atoms with Gasteiger partial charge in [-0.05, 0) is 51.1 Å². The lowest BCUT2D eigenvalue weighted by atomic mass is 9.92. The van der Waals surface area contributed by atoms with Crippen LogP contribution < -0.4 is 11.1 Å². The number of hydrogen-bond acceptors (Lipinski definition) is 7. The molecule has 1 aliphatic heterocycles. The van der Waals surface area contributed by atoms with Gasteiger partial charge in [0.1, 0.15) is 27.5 Å². The molecule has 4 rings (SSSR count). The van der Waals surface area contributed by atoms with Crippen molar-refractivity contribution in [2.45, 2.75) is 31.1 Å². The maximum absolute atomic E-state index is 14.8. The summed E-state index contributed by atoms with van der Waals surface area (Å²) in [6, 6.07) is 10.1. The number of rotatable bonds is 3. The first-order valence-corrected chi connectivity index (χ1v) is 11.1. The molecule has 1 aliphatic rings. The van der Waals surface area contributed by atoms with Gasteiger partial charge in [0.2, 0.25) is 0 Å². The summed E-state index contributed by atoms with van der Waals surface area (Å²) < 4.78 is 35.2. The molecule has 3 aromatic rings. The summed E-state index contributed by atoms with van der Waals surface area (Å²) in [5.74, 6) is 0.00244. The van der Waals surface area contributed by atoms with Gasteiger partial charge in [0.25, 0.3) is 0 Å². The molecular formula is C21H24FN5O2S. The molecule has 0 saturated heterocycles. The third-order valence-electron chi connectivity index (χ3n) is 5.61. The molecule has 0 fully saturated rings. The number of anilines is 2. The molecular weight excluding hydrogens is 405 g/mol. The first-order valence-electron chi connectivity index (χ1n) is 9.42. The maximum atomic E-state index is 14.8. The Morgan fingerprint density at radius 3 is 2.60 bits per heavy atom. The fourth-order valence-electron chi connectivity index (χ4n) is 3.56. The highest BCUT2D eigenvalue weighted by Crippen LogP contribution is 2.59. The Morgan fingerprint density at radius 2 is 1.87 bits per heavy atom. The van der Waals surface area contributed by atoms with Crippen LogP contribution in [0.4, 0.5) is 15.9 Å². The number of pyridine rings is 2. The number of hydrogen-bond donors (Lipinski definition) is 4. The molecule has 1 atom stereocenters. The van der Waals surface area contributed by atoms with Gasteiger partial charge in [-0.15, -0.1) is 0 Å². The van der Waals surface area contributed by atoms with E-state index in [0.29, 0.717) is 17.0 Å². The van der Waals surface area contributed by atoms with E-state index in [0.717, 1.165) is 5.39 Å². The quantitative estimate of drug-likeness (QED) is 0.482. The van der Waals surface area contributed by atoms with Crippen molar-refractivity contribution in [1.29, 1.82) is 0 Å². The monoisotopic (exact) mass is 429 g/mol. The smallest absolute Gasteiger partial charge is 0.156 e. The van der Waals surface area contributed by atoms with Crippen LogP contribution in [0.1, 0.15) is 26.3 Å². The molecule has 0 radical (unpaired) electrons. The fraction of sp³-hybridized carbons (Fsp3) is 0.286. The summed E-state index contributed by atoms with van der Waals surface area (Å²) >= 11 is 0. The summed E-state index contributed by atoms with van der Waals surface area (Å²) in [6.45, 7) is 4.92. The molecule has 0 amide bonds. The first-order chi connectivity index (χ1) is 14.0. The molecule has 30 heavy (non-hydrogen) atoms. The van der Waals surface area contributed by atoms with Gasteiger partial charge in [-0.2, -0.15) is 10.6 Å². The van der Waals surface area contributed by atoms with Gasteiger partial charge in [-0.3, -0.25) is 19.1 Å². The van der Waals surface area contributed by atoms with Crippen LogP contribution >= 0.6 is 10.6 Å². The van der Waals surface area contributed by atoms with Crippen LogP contribution in [-0.2, 0) is 5.54 Å². The second kappa shape index (κ2) is 6.90. The van der Waals surface area contributed by atoms with E-state index in [1.165, 1.54) is 6.07 Å². The van der Waals surface area contributed by atoms with Gasteiger partial charge in [0.05, 0.1) is 5.75 Å². The Hall–Kier alpha value is -2.75. The van der Waals surface area contributed by atoms with Crippen molar-refractivity contribution in [2.75, 3.05) is 11.1 Å².